The van der Waals surface area contributed by atoms with Gasteiger partial charge < -0.3 is 10.1 Å². The summed E-state index contributed by atoms with van der Waals surface area (Å²) in [6.45, 7) is 0. The van der Waals surface area contributed by atoms with Gasteiger partial charge in [-0.2, -0.15) is 8.42 Å². The van der Waals surface area contributed by atoms with Gasteiger partial charge in [0.15, 0.2) is 0 Å². The van der Waals surface area contributed by atoms with E-state index in [1.807, 2.05) is 0 Å². The Morgan fingerprint density at radius 2 is 1.86 bits per heavy atom. The van der Waals surface area contributed by atoms with E-state index in [0.717, 1.165) is 12.1 Å². The summed E-state index contributed by atoms with van der Waals surface area (Å²) in [4.78, 5) is 11.5. The van der Waals surface area contributed by atoms with Crippen molar-refractivity contribution < 1.29 is 21.8 Å². The summed E-state index contributed by atoms with van der Waals surface area (Å²) in [5.41, 5.74) is 0.518. The van der Waals surface area contributed by atoms with Crippen LogP contribution in [0, 0.1) is 0 Å². The molecule has 0 bridgehead atoms. The summed E-state index contributed by atoms with van der Waals surface area (Å²) in [5.74, 6) is 0.0602. The molecule has 1 N–H and O–H groups in total. The Bertz CT molecular complexity index is 774. The third-order valence-corrected chi connectivity index (χ3v) is 3.52. The highest BCUT2D eigenvalue weighted by molar-refractivity contribution is 7.86. The molecule has 0 aromatic heterocycles. The van der Waals surface area contributed by atoms with Gasteiger partial charge in [-0.05, 0) is 36.4 Å². The molecule has 2 rings (SSSR count). The summed E-state index contributed by atoms with van der Waals surface area (Å²) in [6.07, 6.45) is 0. The summed E-state index contributed by atoms with van der Waals surface area (Å²) in [5, 5.41) is 2.50. The first kappa shape index (κ1) is 15.0. The summed E-state index contributed by atoms with van der Waals surface area (Å²) in [6, 6.07) is 11.4. The van der Waals surface area contributed by atoms with Crippen molar-refractivity contribution >= 4 is 21.8 Å². The Balaban J connectivity index is 2.23. The van der Waals surface area contributed by atoms with Crippen LogP contribution in [-0.4, -0.2) is 21.4 Å². The highest BCUT2D eigenvalue weighted by Gasteiger charge is 2.13. The van der Waals surface area contributed by atoms with E-state index in [2.05, 4.69) is 5.32 Å². The number of halogens is 1. The number of amides is 1. The summed E-state index contributed by atoms with van der Waals surface area (Å²) < 4.78 is 39.6. The largest absolute Gasteiger partial charge is 0.497 e. The number of methoxy groups -OCH3 is 1. The van der Waals surface area contributed by atoms with E-state index in [1.165, 1.54) is 25.3 Å². The Morgan fingerprint density at radius 1 is 1.14 bits per heavy atom. The van der Waals surface area contributed by atoms with Crippen LogP contribution < -0.4 is 10.1 Å². The van der Waals surface area contributed by atoms with Gasteiger partial charge in [-0.1, -0.05) is 12.1 Å². The molecule has 0 saturated carbocycles. The highest BCUT2D eigenvalue weighted by Crippen LogP contribution is 2.19. The fourth-order valence-corrected chi connectivity index (χ4v) is 2.20. The Morgan fingerprint density at radius 3 is 2.52 bits per heavy atom. The molecule has 2 aromatic carbocycles. The number of carbonyl (C=O) groups is 1. The Hall–Kier alpha value is -2.41. The molecule has 0 aliphatic rings. The van der Waals surface area contributed by atoms with Crippen LogP contribution in [0.4, 0.5) is 9.57 Å². The topological polar surface area (TPSA) is 72.5 Å². The number of carbonyl (C=O) groups excluding carboxylic acids is 1. The van der Waals surface area contributed by atoms with Crippen LogP contribution in [0.1, 0.15) is 10.4 Å². The lowest BCUT2D eigenvalue weighted by atomic mass is 10.2. The van der Waals surface area contributed by atoms with Crippen molar-refractivity contribution in [1.82, 2.24) is 0 Å². The molecule has 0 radical (unpaired) electrons. The first-order chi connectivity index (χ1) is 9.90. The molecule has 2 aromatic rings. The maximum atomic E-state index is 12.9. The number of rotatable bonds is 4. The molecule has 0 fully saturated rings. The predicted octanol–water partition coefficient (Wildman–Crippen LogP) is 2.61. The zero-order chi connectivity index (χ0) is 15.5. The molecule has 21 heavy (non-hydrogen) atoms. The predicted molar refractivity (Wildman–Crippen MR) is 75.7 cm³/mol. The van der Waals surface area contributed by atoms with Crippen molar-refractivity contribution in [2.24, 2.45) is 0 Å². The van der Waals surface area contributed by atoms with Crippen LogP contribution in [-0.2, 0) is 10.2 Å². The fourth-order valence-electron chi connectivity index (χ4n) is 1.69. The van der Waals surface area contributed by atoms with Gasteiger partial charge in [0.25, 0.3) is 5.91 Å². The van der Waals surface area contributed by atoms with E-state index >= 15 is 0 Å². The minimum absolute atomic E-state index is 0.182. The Kier molecular flexibility index (Phi) is 4.23. The second kappa shape index (κ2) is 5.92. The van der Waals surface area contributed by atoms with Gasteiger partial charge in [0.05, 0.1) is 7.11 Å². The van der Waals surface area contributed by atoms with E-state index in [0.29, 0.717) is 11.3 Å². The van der Waals surface area contributed by atoms with E-state index < -0.39 is 21.0 Å². The smallest absolute Gasteiger partial charge is 0.332 e. The number of hydrogen-bond acceptors (Lipinski definition) is 4. The average Bonchev–Trinajstić information content (AvgIpc) is 2.46. The molecule has 0 unspecified atom stereocenters. The minimum Gasteiger partial charge on any atom is -0.497 e. The lowest BCUT2D eigenvalue weighted by molar-refractivity contribution is 0.102. The van der Waals surface area contributed by atoms with E-state index in [-0.39, 0.29) is 5.69 Å². The number of hydrogen-bond donors (Lipinski definition) is 1. The van der Waals surface area contributed by atoms with E-state index in [1.54, 1.807) is 18.2 Å². The maximum absolute atomic E-state index is 12.9. The second-order valence-electron chi connectivity index (χ2n) is 4.15. The first-order valence-corrected chi connectivity index (χ1v) is 7.28. The number of benzene rings is 2. The zero-order valence-corrected chi connectivity index (χ0v) is 11.9. The lowest BCUT2D eigenvalue weighted by Crippen LogP contribution is -2.12. The van der Waals surface area contributed by atoms with Crippen molar-refractivity contribution in [3.8, 4) is 5.75 Å². The molecule has 0 aliphatic heterocycles. The van der Waals surface area contributed by atoms with E-state index in [9.17, 15) is 17.1 Å². The first-order valence-electron chi connectivity index (χ1n) is 5.90. The van der Waals surface area contributed by atoms with Gasteiger partial charge in [-0.25, -0.2) is 0 Å². The van der Waals surface area contributed by atoms with Gasteiger partial charge in [-0.3, -0.25) is 4.79 Å². The van der Waals surface area contributed by atoms with Gasteiger partial charge >= 0.3 is 10.2 Å². The number of anilines is 1. The molecule has 0 aliphatic carbocycles. The summed E-state index contributed by atoms with van der Waals surface area (Å²) >= 11 is 0. The number of ether oxygens (including phenoxy) is 1. The highest BCUT2D eigenvalue weighted by atomic mass is 32.3. The molecule has 1 amide bonds. The molecule has 7 heteroatoms. The van der Waals surface area contributed by atoms with Crippen LogP contribution in [0.5, 0.6) is 5.75 Å². The number of nitrogens with one attached hydrogen (secondary N) is 1. The van der Waals surface area contributed by atoms with Gasteiger partial charge in [0, 0.05) is 11.3 Å². The molecule has 5 nitrogen and oxygen atoms in total. The molecule has 0 spiro atoms. The van der Waals surface area contributed by atoms with Crippen molar-refractivity contribution in [3.63, 3.8) is 0 Å². The summed E-state index contributed by atoms with van der Waals surface area (Å²) in [7, 11) is -3.33. The quantitative estimate of drug-likeness (QED) is 0.881. The Labute approximate surface area is 121 Å². The van der Waals surface area contributed by atoms with Crippen molar-refractivity contribution in [2.45, 2.75) is 4.90 Å². The zero-order valence-electron chi connectivity index (χ0n) is 11.0. The van der Waals surface area contributed by atoms with Crippen LogP contribution >= 0.6 is 0 Å². The van der Waals surface area contributed by atoms with Crippen LogP contribution in [0.3, 0.4) is 0 Å². The normalized spacial score (nSPS) is 11.0. The molecular formula is C14H12FNO4S. The van der Waals surface area contributed by atoms with Crippen molar-refractivity contribution in [3.05, 3.63) is 54.1 Å². The van der Waals surface area contributed by atoms with Crippen LogP contribution in [0.25, 0.3) is 0 Å². The van der Waals surface area contributed by atoms with Crippen LogP contribution in [0.2, 0.25) is 0 Å². The molecule has 0 heterocycles. The molecule has 0 atom stereocenters. The minimum atomic E-state index is -4.81. The second-order valence-corrected chi connectivity index (χ2v) is 5.50. The third kappa shape index (κ3) is 3.79. The van der Waals surface area contributed by atoms with Gasteiger partial charge in [0.2, 0.25) is 0 Å². The lowest BCUT2D eigenvalue weighted by Gasteiger charge is -2.07. The molecular weight excluding hydrogens is 297 g/mol. The molecule has 110 valence electrons. The third-order valence-electron chi connectivity index (χ3n) is 2.71. The maximum Gasteiger partial charge on any atom is 0.332 e. The van der Waals surface area contributed by atoms with Crippen molar-refractivity contribution in [1.29, 1.82) is 0 Å². The monoisotopic (exact) mass is 309 g/mol. The van der Waals surface area contributed by atoms with Crippen LogP contribution in [0.15, 0.2) is 53.4 Å². The van der Waals surface area contributed by atoms with Gasteiger partial charge in [0.1, 0.15) is 10.6 Å². The SMILES string of the molecule is COc1cccc(C(=O)Nc2cccc(S(=O)(=O)F)c2)c1. The molecule has 0 saturated heterocycles. The standard InChI is InChI=1S/C14H12FNO4S/c1-20-12-6-2-4-10(8-12)14(17)16-11-5-3-7-13(9-11)21(15,18)19/h2-9H,1H3,(H,16,17). The fraction of sp³-hybridized carbons (Fsp3) is 0.0714. The van der Waals surface area contributed by atoms with Gasteiger partial charge in [-0.15, -0.1) is 3.89 Å². The van der Waals surface area contributed by atoms with E-state index in [4.69, 9.17) is 4.74 Å². The van der Waals surface area contributed by atoms with Crippen molar-refractivity contribution in [2.75, 3.05) is 12.4 Å². The average molecular weight is 309 g/mol.